The van der Waals surface area contributed by atoms with E-state index in [0.717, 1.165) is 10.9 Å². The largest absolute Gasteiger partial charge is 0.489 e. The summed E-state index contributed by atoms with van der Waals surface area (Å²) in [6.07, 6.45) is 0. The molecule has 0 atom stereocenters. The number of ether oxygens (including phenoxy) is 2. The molecule has 0 saturated carbocycles. The summed E-state index contributed by atoms with van der Waals surface area (Å²) in [6.45, 7) is 0.375. The average Bonchev–Trinajstić information content (AvgIpc) is 3.16. The zero-order valence-electron chi connectivity index (χ0n) is 16.4. The Morgan fingerprint density at radius 2 is 1.90 bits per heavy atom. The minimum absolute atomic E-state index is 0.0802. The Morgan fingerprint density at radius 1 is 1.06 bits per heavy atom. The van der Waals surface area contributed by atoms with Gasteiger partial charge in [0.15, 0.2) is 5.82 Å². The number of carbonyl (C=O) groups excluding carboxylic acids is 1. The van der Waals surface area contributed by atoms with Gasteiger partial charge in [-0.1, -0.05) is 52.3 Å². The smallest absolute Gasteiger partial charge is 0.251 e. The number of aromatic nitrogens is 2. The van der Waals surface area contributed by atoms with Crippen molar-refractivity contribution < 1.29 is 18.7 Å². The van der Waals surface area contributed by atoms with E-state index in [1.165, 1.54) is 6.07 Å². The van der Waals surface area contributed by atoms with Crippen LogP contribution in [0.2, 0.25) is 0 Å². The van der Waals surface area contributed by atoms with E-state index in [1.807, 2.05) is 30.3 Å². The van der Waals surface area contributed by atoms with Gasteiger partial charge in [0.25, 0.3) is 5.91 Å². The number of nitrogens with one attached hydrogen (secondary N) is 2. The third kappa shape index (κ3) is 5.48. The molecule has 0 bridgehead atoms. The van der Waals surface area contributed by atoms with Gasteiger partial charge < -0.3 is 14.8 Å². The molecule has 31 heavy (non-hydrogen) atoms. The van der Waals surface area contributed by atoms with Gasteiger partial charge in [-0.15, -0.1) is 0 Å². The Labute approximate surface area is 186 Å². The zero-order chi connectivity index (χ0) is 21.6. The highest BCUT2D eigenvalue weighted by molar-refractivity contribution is 9.10. The Kier molecular flexibility index (Phi) is 6.59. The van der Waals surface area contributed by atoms with Crippen molar-refractivity contribution in [2.45, 2.75) is 13.2 Å². The summed E-state index contributed by atoms with van der Waals surface area (Å²) >= 11 is 3.23. The molecule has 3 aromatic carbocycles. The van der Waals surface area contributed by atoms with E-state index < -0.39 is 0 Å². The van der Waals surface area contributed by atoms with Gasteiger partial charge in [-0.2, -0.15) is 5.10 Å². The van der Waals surface area contributed by atoms with Gasteiger partial charge in [0.1, 0.15) is 24.8 Å². The van der Waals surface area contributed by atoms with Gasteiger partial charge in [-0.25, -0.2) is 4.39 Å². The zero-order valence-corrected chi connectivity index (χ0v) is 18.0. The van der Waals surface area contributed by atoms with Crippen molar-refractivity contribution in [3.05, 3.63) is 88.1 Å². The van der Waals surface area contributed by atoms with Crippen molar-refractivity contribution in [1.82, 2.24) is 10.2 Å². The van der Waals surface area contributed by atoms with E-state index in [0.29, 0.717) is 33.7 Å². The maximum Gasteiger partial charge on any atom is 0.251 e. The first-order valence-electron chi connectivity index (χ1n) is 9.55. The van der Waals surface area contributed by atoms with Crippen LogP contribution < -0.4 is 10.1 Å². The molecule has 0 aliphatic heterocycles. The topological polar surface area (TPSA) is 76.2 Å². The van der Waals surface area contributed by atoms with Crippen LogP contribution in [-0.2, 0) is 22.7 Å². The highest BCUT2D eigenvalue weighted by atomic mass is 79.9. The van der Waals surface area contributed by atoms with Gasteiger partial charge in [0.05, 0.1) is 12.1 Å². The summed E-state index contributed by atoms with van der Waals surface area (Å²) < 4.78 is 25.8. The number of hydrogen-bond acceptors (Lipinski definition) is 4. The lowest BCUT2D eigenvalue weighted by molar-refractivity contribution is -0.121. The number of nitrogens with zero attached hydrogens (tertiary/aromatic N) is 1. The van der Waals surface area contributed by atoms with Crippen LogP contribution in [0.4, 0.5) is 10.2 Å². The molecular formula is C23H19BrFN3O3. The van der Waals surface area contributed by atoms with Crippen LogP contribution >= 0.6 is 15.9 Å². The molecule has 1 aromatic heterocycles. The van der Waals surface area contributed by atoms with Gasteiger partial charge >= 0.3 is 0 Å². The quantitative estimate of drug-likeness (QED) is 0.361. The molecule has 0 spiro atoms. The maximum atomic E-state index is 13.9. The maximum absolute atomic E-state index is 13.9. The van der Waals surface area contributed by atoms with Crippen LogP contribution in [0.25, 0.3) is 10.9 Å². The second-order valence-corrected chi connectivity index (χ2v) is 7.75. The first-order chi connectivity index (χ1) is 15.1. The summed E-state index contributed by atoms with van der Waals surface area (Å²) in [6, 6.07) is 19.7. The number of halogens is 2. The van der Waals surface area contributed by atoms with Crippen molar-refractivity contribution in [2.75, 3.05) is 11.9 Å². The fourth-order valence-electron chi connectivity index (χ4n) is 2.99. The molecule has 0 aliphatic carbocycles. The molecule has 4 aromatic rings. The van der Waals surface area contributed by atoms with Gasteiger partial charge in [-0.05, 0) is 29.8 Å². The summed E-state index contributed by atoms with van der Waals surface area (Å²) in [5, 5.41) is 10.5. The van der Waals surface area contributed by atoms with Crippen molar-refractivity contribution in [3.8, 4) is 5.75 Å². The number of anilines is 1. The van der Waals surface area contributed by atoms with E-state index in [-0.39, 0.29) is 24.9 Å². The van der Waals surface area contributed by atoms with Crippen molar-refractivity contribution in [3.63, 3.8) is 0 Å². The molecular weight excluding hydrogens is 465 g/mol. The first-order valence-corrected chi connectivity index (χ1v) is 10.3. The molecule has 8 heteroatoms. The molecule has 4 rings (SSSR count). The van der Waals surface area contributed by atoms with Gasteiger partial charge in [-0.3, -0.25) is 9.89 Å². The number of amides is 1. The predicted octanol–water partition coefficient (Wildman–Crippen LogP) is 5.20. The molecule has 158 valence electrons. The van der Waals surface area contributed by atoms with Crippen LogP contribution in [0.15, 0.2) is 71.2 Å². The third-order valence-electron chi connectivity index (χ3n) is 4.55. The van der Waals surface area contributed by atoms with Crippen molar-refractivity contribution >= 4 is 38.6 Å². The number of benzene rings is 3. The molecule has 0 aliphatic rings. The number of rotatable bonds is 8. The predicted molar refractivity (Wildman–Crippen MR) is 119 cm³/mol. The van der Waals surface area contributed by atoms with E-state index in [2.05, 4.69) is 31.4 Å². The normalized spacial score (nSPS) is 10.9. The van der Waals surface area contributed by atoms with Crippen LogP contribution in [-0.4, -0.2) is 22.7 Å². The van der Waals surface area contributed by atoms with E-state index in [4.69, 9.17) is 9.47 Å². The summed E-state index contributed by atoms with van der Waals surface area (Å²) in [7, 11) is 0. The van der Waals surface area contributed by atoms with Crippen LogP contribution in [0.1, 0.15) is 11.1 Å². The Balaban J connectivity index is 1.34. The minimum Gasteiger partial charge on any atom is -0.489 e. The Bertz CT molecular complexity index is 1200. The second kappa shape index (κ2) is 9.72. The molecule has 0 fully saturated rings. The Hall–Kier alpha value is -3.23. The molecule has 1 heterocycles. The summed E-state index contributed by atoms with van der Waals surface area (Å²) in [5.74, 6) is 0.336. The molecule has 0 saturated heterocycles. The summed E-state index contributed by atoms with van der Waals surface area (Å²) in [4.78, 5) is 12.2. The highest BCUT2D eigenvalue weighted by Gasteiger charge is 2.11. The number of H-pyrrole nitrogens is 1. The van der Waals surface area contributed by atoms with Crippen LogP contribution in [0.3, 0.4) is 0 Å². The Morgan fingerprint density at radius 3 is 2.71 bits per heavy atom. The van der Waals surface area contributed by atoms with Gasteiger partial charge in [0.2, 0.25) is 0 Å². The standard InChI is InChI=1S/C23H19BrFN3O3/c24-17-7-6-16(20(25)10-17)13-31-18-8-9-19-21(11-18)27-28-23(19)26-22(29)14-30-12-15-4-2-1-3-5-15/h1-11H,12-14H2,(H2,26,27,28,29). The molecule has 2 N–H and O–H groups in total. The number of carbonyl (C=O) groups is 1. The molecule has 1 amide bonds. The number of fused-ring (bicyclic) bond motifs is 1. The molecule has 0 unspecified atom stereocenters. The lowest BCUT2D eigenvalue weighted by Gasteiger charge is -2.08. The molecule has 0 radical (unpaired) electrons. The van der Waals surface area contributed by atoms with Crippen LogP contribution in [0.5, 0.6) is 5.75 Å². The van der Waals surface area contributed by atoms with Crippen molar-refractivity contribution in [2.24, 2.45) is 0 Å². The monoisotopic (exact) mass is 483 g/mol. The second-order valence-electron chi connectivity index (χ2n) is 6.83. The minimum atomic E-state index is -0.337. The highest BCUT2D eigenvalue weighted by Crippen LogP contribution is 2.26. The number of aromatic amines is 1. The lowest BCUT2D eigenvalue weighted by Crippen LogP contribution is -2.18. The van der Waals surface area contributed by atoms with E-state index in [1.54, 1.807) is 30.3 Å². The van der Waals surface area contributed by atoms with Crippen LogP contribution in [0, 0.1) is 5.82 Å². The SMILES string of the molecule is O=C(COCc1ccccc1)Nc1n[nH]c2cc(OCc3ccc(Br)cc3F)ccc12. The van der Waals surface area contributed by atoms with Gasteiger partial charge in [0, 0.05) is 21.5 Å². The summed E-state index contributed by atoms with van der Waals surface area (Å²) in [5.41, 5.74) is 2.14. The first kappa shape index (κ1) is 21.0. The van der Waals surface area contributed by atoms with Crippen molar-refractivity contribution in [1.29, 1.82) is 0 Å². The fraction of sp³-hybridized carbons (Fsp3) is 0.130. The lowest BCUT2D eigenvalue weighted by atomic mass is 10.2. The number of hydrogen-bond donors (Lipinski definition) is 2. The van der Waals surface area contributed by atoms with E-state index in [9.17, 15) is 9.18 Å². The fourth-order valence-corrected chi connectivity index (χ4v) is 3.32. The van der Waals surface area contributed by atoms with E-state index >= 15 is 0 Å². The third-order valence-corrected chi connectivity index (χ3v) is 5.04. The molecule has 6 nitrogen and oxygen atoms in total. The average molecular weight is 484 g/mol.